The molecular formula is C5H7F3. The van der Waals surface area contributed by atoms with Crippen LogP contribution in [-0.4, -0.2) is 6.18 Å². The zero-order valence-corrected chi connectivity index (χ0v) is 4.50. The van der Waals surface area contributed by atoms with Gasteiger partial charge < -0.3 is 0 Å². The molecule has 1 aliphatic carbocycles. The van der Waals surface area contributed by atoms with E-state index in [1.54, 1.807) is 6.92 Å². The third kappa shape index (κ3) is 0.956. The van der Waals surface area contributed by atoms with E-state index in [4.69, 9.17) is 0 Å². The third-order valence-corrected chi connectivity index (χ3v) is 1.53. The summed E-state index contributed by atoms with van der Waals surface area (Å²) in [7, 11) is 0. The highest BCUT2D eigenvalue weighted by Gasteiger charge is 2.52. The molecule has 1 aliphatic rings. The van der Waals surface area contributed by atoms with Gasteiger partial charge in [-0.3, -0.25) is 0 Å². The van der Waals surface area contributed by atoms with Crippen LogP contribution in [-0.2, 0) is 0 Å². The normalized spacial score (nSPS) is 37.5. The lowest BCUT2D eigenvalue weighted by Crippen LogP contribution is -2.10. The van der Waals surface area contributed by atoms with Crippen LogP contribution in [0.15, 0.2) is 0 Å². The Morgan fingerprint density at radius 1 is 1.38 bits per heavy atom. The second kappa shape index (κ2) is 1.39. The van der Waals surface area contributed by atoms with Gasteiger partial charge in [-0.2, -0.15) is 13.2 Å². The van der Waals surface area contributed by atoms with E-state index in [-0.39, 0.29) is 5.92 Å². The van der Waals surface area contributed by atoms with Crippen LogP contribution in [0.2, 0.25) is 0 Å². The standard InChI is InChI=1S/C5H7F3/c1-3-2-4(3)5(6,7)8/h3-4H,2H2,1H3/t3-,4+/m1/s1. The molecule has 0 amide bonds. The number of hydrogen-bond donors (Lipinski definition) is 0. The predicted octanol–water partition coefficient (Wildman–Crippen LogP) is 2.20. The van der Waals surface area contributed by atoms with Gasteiger partial charge in [0, 0.05) is 0 Å². The average Bonchev–Trinajstić information content (AvgIpc) is 2.13. The van der Waals surface area contributed by atoms with Crippen LogP contribution in [0.5, 0.6) is 0 Å². The molecule has 8 heavy (non-hydrogen) atoms. The molecule has 0 aliphatic heterocycles. The minimum atomic E-state index is -3.92. The number of alkyl halides is 3. The summed E-state index contributed by atoms with van der Waals surface area (Å²) < 4.78 is 34.5. The quantitative estimate of drug-likeness (QED) is 0.464. The van der Waals surface area contributed by atoms with Crippen LogP contribution < -0.4 is 0 Å². The Labute approximate surface area is 45.7 Å². The van der Waals surface area contributed by atoms with E-state index >= 15 is 0 Å². The first-order chi connectivity index (χ1) is 3.52. The summed E-state index contributed by atoms with van der Waals surface area (Å²) in [6.07, 6.45) is -3.58. The lowest BCUT2D eigenvalue weighted by atomic mass is 10.3. The van der Waals surface area contributed by atoms with E-state index in [1.807, 2.05) is 0 Å². The second-order valence-corrected chi connectivity index (χ2v) is 2.36. The zero-order chi connectivity index (χ0) is 6.36. The van der Waals surface area contributed by atoms with Gasteiger partial charge in [-0.15, -0.1) is 0 Å². The molecule has 0 heterocycles. The van der Waals surface area contributed by atoms with Crippen molar-refractivity contribution in [3.05, 3.63) is 0 Å². The molecule has 0 aromatic carbocycles. The smallest absolute Gasteiger partial charge is 0.171 e. The van der Waals surface area contributed by atoms with Crippen LogP contribution >= 0.6 is 0 Å². The molecule has 0 saturated heterocycles. The topological polar surface area (TPSA) is 0 Å². The van der Waals surface area contributed by atoms with Gasteiger partial charge in [-0.25, -0.2) is 0 Å². The van der Waals surface area contributed by atoms with Crippen molar-refractivity contribution in [2.75, 3.05) is 0 Å². The molecule has 0 N–H and O–H groups in total. The monoisotopic (exact) mass is 124 g/mol. The number of hydrogen-bond acceptors (Lipinski definition) is 0. The zero-order valence-electron chi connectivity index (χ0n) is 4.50. The number of halogens is 3. The molecule has 0 bridgehead atoms. The Morgan fingerprint density at radius 3 is 1.75 bits per heavy atom. The van der Waals surface area contributed by atoms with Gasteiger partial charge in [0.25, 0.3) is 0 Å². The molecule has 0 spiro atoms. The lowest BCUT2D eigenvalue weighted by molar-refractivity contribution is -0.150. The van der Waals surface area contributed by atoms with Crippen LogP contribution in [0.3, 0.4) is 0 Å². The van der Waals surface area contributed by atoms with Crippen molar-refractivity contribution < 1.29 is 13.2 Å². The largest absolute Gasteiger partial charge is 0.392 e. The summed E-state index contributed by atoms with van der Waals surface area (Å²) >= 11 is 0. The fourth-order valence-corrected chi connectivity index (χ4v) is 0.778. The third-order valence-electron chi connectivity index (χ3n) is 1.53. The predicted molar refractivity (Wildman–Crippen MR) is 23.3 cm³/mol. The molecule has 0 nitrogen and oxygen atoms in total. The molecule has 1 fully saturated rings. The highest BCUT2D eigenvalue weighted by atomic mass is 19.4. The van der Waals surface area contributed by atoms with Gasteiger partial charge in [-0.1, -0.05) is 6.92 Å². The van der Waals surface area contributed by atoms with Crippen LogP contribution in [0.1, 0.15) is 13.3 Å². The maximum absolute atomic E-state index is 11.5. The SMILES string of the molecule is C[C@@H]1C[C@@H]1C(F)(F)F. The lowest BCUT2D eigenvalue weighted by Gasteiger charge is -2.01. The minimum Gasteiger partial charge on any atom is -0.171 e. The van der Waals surface area contributed by atoms with E-state index in [1.165, 1.54) is 0 Å². The Morgan fingerprint density at radius 2 is 1.75 bits per heavy atom. The van der Waals surface area contributed by atoms with E-state index in [0.717, 1.165) is 0 Å². The maximum Gasteiger partial charge on any atom is 0.392 e. The Balaban J connectivity index is 2.39. The fourth-order valence-electron chi connectivity index (χ4n) is 0.778. The van der Waals surface area contributed by atoms with Crippen molar-refractivity contribution in [3.8, 4) is 0 Å². The molecule has 0 radical (unpaired) electrons. The summed E-state index contributed by atoms with van der Waals surface area (Å²) in [5.41, 5.74) is 0. The molecule has 0 aromatic rings. The summed E-state index contributed by atoms with van der Waals surface area (Å²) in [6, 6.07) is 0. The first-order valence-corrected chi connectivity index (χ1v) is 2.58. The summed E-state index contributed by atoms with van der Waals surface area (Å²) in [5, 5.41) is 0. The van der Waals surface area contributed by atoms with Crippen molar-refractivity contribution in [2.24, 2.45) is 11.8 Å². The van der Waals surface area contributed by atoms with E-state index < -0.39 is 12.1 Å². The molecule has 0 unspecified atom stereocenters. The maximum atomic E-state index is 11.5. The van der Waals surface area contributed by atoms with Crippen LogP contribution in [0.25, 0.3) is 0 Å². The van der Waals surface area contributed by atoms with Gasteiger partial charge in [0.05, 0.1) is 5.92 Å². The van der Waals surface area contributed by atoms with E-state index in [0.29, 0.717) is 6.42 Å². The molecule has 1 rings (SSSR count). The summed E-state index contributed by atoms with van der Waals surface area (Å²) in [6.45, 7) is 1.62. The molecular weight excluding hydrogens is 117 g/mol. The highest BCUT2D eigenvalue weighted by Crippen LogP contribution is 2.49. The Kier molecular flexibility index (Phi) is 1.03. The first kappa shape index (κ1) is 5.92. The van der Waals surface area contributed by atoms with Gasteiger partial charge in [0.15, 0.2) is 0 Å². The van der Waals surface area contributed by atoms with Crippen molar-refractivity contribution >= 4 is 0 Å². The van der Waals surface area contributed by atoms with Crippen molar-refractivity contribution in [1.82, 2.24) is 0 Å². The summed E-state index contributed by atoms with van der Waals surface area (Å²) in [5.74, 6) is -1.10. The molecule has 48 valence electrons. The summed E-state index contributed by atoms with van der Waals surface area (Å²) in [4.78, 5) is 0. The van der Waals surface area contributed by atoms with Crippen molar-refractivity contribution in [1.29, 1.82) is 0 Å². The number of rotatable bonds is 0. The highest BCUT2D eigenvalue weighted by molar-refractivity contribution is 4.87. The fraction of sp³-hybridized carbons (Fsp3) is 1.00. The first-order valence-electron chi connectivity index (χ1n) is 2.58. The van der Waals surface area contributed by atoms with Crippen LogP contribution in [0, 0.1) is 11.8 Å². The van der Waals surface area contributed by atoms with Crippen molar-refractivity contribution in [2.45, 2.75) is 19.5 Å². The Hall–Kier alpha value is -0.210. The van der Waals surface area contributed by atoms with Gasteiger partial charge >= 0.3 is 6.18 Å². The van der Waals surface area contributed by atoms with Gasteiger partial charge in [0.2, 0.25) is 0 Å². The minimum absolute atomic E-state index is 0.116. The van der Waals surface area contributed by atoms with Gasteiger partial charge in [-0.05, 0) is 12.3 Å². The van der Waals surface area contributed by atoms with Gasteiger partial charge in [0.1, 0.15) is 0 Å². The van der Waals surface area contributed by atoms with Crippen LogP contribution in [0.4, 0.5) is 13.2 Å². The molecule has 0 aromatic heterocycles. The van der Waals surface area contributed by atoms with E-state index in [2.05, 4.69) is 0 Å². The van der Waals surface area contributed by atoms with E-state index in [9.17, 15) is 13.2 Å². The molecule has 2 atom stereocenters. The molecule has 3 heteroatoms. The van der Waals surface area contributed by atoms with Crippen molar-refractivity contribution in [3.63, 3.8) is 0 Å². The second-order valence-electron chi connectivity index (χ2n) is 2.36. The average molecular weight is 124 g/mol. The Bertz CT molecular complexity index is 94.3. The molecule has 1 saturated carbocycles.